The van der Waals surface area contributed by atoms with Gasteiger partial charge in [-0.15, -0.1) is 0 Å². The summed E-state index contributed by atoms with van der Waals surface area (Å²) < 4.78 is 18.2. The number of hydrogen-bond acceptors (Lipinski definition) is 3. The molecule has 0 atom stereocenters. The van der Waals surface area contributed by atoms with Gasteiger partial charge in [-0.3, -0.25) is 0 Å². The van der Waals surface area contributed by atoms with Crippen LogP contribution in [0.25, 0.3) is 0 Å². The number of ether oxygens (including phenoxy) is 1. The van der Waals surface area contributed by atoms with Gasteiger partial charge in [0.1, 0.15) is 5.82 Å². The van der Waals surface area contributed by atoms with E-state index in [1.807, 2.05) is 0 Å². The number of fused-ring (bicyclic) bond motifs is 1. The molecule has 0 heterocycles. The Morgan fingerprint density at radius 1 is 1.38 bits per heavy atom. The zero-order chi connectivity index (χ0) is 11.7. The van der Waals surface area contributed by atoms with Gasteiger partial charge >= 0.3 is 5.97 Å². The second kappa shape index (κ2) is 4.12. The fourth-order valence-corrected chi connectivity index (χ4v) is 2.23. The summed E-state index contributed by atoms with van der Waals surface area (Å²) in [5, 5.41) is 0. The first-order chi connectivity index (χ1) is 7.65. The van der Waals surface area contributed by atoms with Crippen molar-refractivity contribution < 1.29 is 13.9 Å². The molecule has 1 aliphatic rings. The summed E-state index contributed by atoms with van der Waals surface area (Å²) in [6, 6.07) is 1.19. The van der Waals surface area contributed by atoms with Gasteiger partial charge in [-0.1, -0.05) is 0 Å². The fourth-order valence-electron chi connectivity index (χ4n) is 2.23. The van der Waals surface area contributed by atoms with Crippen LogP contribution in [-0.2, 0) is 17.6 Å². The molecule has 0 saturated carbocycles. The topological polar surface area (TPSA) is 52.3 Å². The Hall–Kier alpha value is -1.58. The smallest absolute Gasteiger partial charge is 0.338 e. The van der Waals surface area contributed by atoms with Crippen molar-refractivity contribution in [3.63, 3.8) is 0 Å². The van der Waals surface area contributed by atoms with Crippen molar-refractivity contribution >= 4 is 11.7 Å². The lowest BCUT2D eigenvalue weighted by molar-refractivity contribution is 0.0598. The van der Waals surface area contributed by atoms with Crippen molar-refractivity contribution in [1.82, 2.24) is 0 Å². The third-order valence-electron chi connectivity index (χ3n) is 3.05. The van der Waals surface area contributed by atoms with E-state index in [9.17, 15) is 9.18 Å². The molecule has 0 fully saturated rings. The van der Waals surface area contributed by atoms with Gasteiger partial charge < -0.3 is 10.5 Å². The average Bonchev–Trinajstić information content (AvgIpc) is 2.33. The van der Waals surface area contributed by atoms with Crippen molar-refractivity contribution in [1.29, 1.82) is 0 Å². The first-order valence-electron chi connectivity index (χ1n) is 5.33. The molecule has 1 aliphatic carbocycles. The van der Waals surface area contributed by atoms with Crippen LogP contribution in [0, 0.1) is 5.82 Å². The number of benzene rings is 1. The molecule has 2 N–H and O–H groups in total. The van der Waals surface area contributed by atoms with Gasteiger partial charge in [0.15, 0.2) is 0 Å². The maximum atomic E-state index is 13.5. The van der Waals surface area contributed by atoms with E-state index in [1.54, 1.807) is 0 Å². The summed E-state index contributed by atoms with van der Waals surface area (Å²) in [6.07, 6.45) is 3.50. The highest BCUT2D eigenvalue weighted by atomic mass is 19.1. The Labute approximate surface area is 93.4 Å². The summed E-state index contributed by atoms with van der Waals surface area (Å²) in [6.45, 7) is 0. The van der Waals surface area contributed by atoms with Crippen LogP contribution in [0.15, 0.2) is 6.07 Å². The summed E-state index contributed by atoms with van der Waals surface area (Å²) in [7, 11) is 1.30. The van der Waals surface area contributed by atoms with E-state index < -0.39 is 11.8 Å². The summed E-state index contributed by atoms with van der Waals surface area (Å²) in [4.78, 5) is 11.5. The molecule has 0 spiro atoms. The average molecular weight is 223 g/mol. The molecule has 0 radical (unpaired) electrons. The Morgan fingerprint density at radius 3 is 2.62 bits per heavy atom. The minimum absolute atomic E-state index is 0.183. The summed E-state index contributed by atoms with van der Waals surface area (Å²) in [5.41, 5.74) is 7.83. The fraction of sp³-hybridized carbons (Fsp3) is 0.417. The second-order valence-electron chi connectivity index (χ2n) is 3.98. The quantitative estimate of drug-likeness (QED) is 0.585. The van der Waals surface area contributed by atoms with Crippen LogP contribution < -0.4 is 5.73 Å². The van der Waals surface area contributed by atoms with Crippen molar-refractivity contribution in [3.05, 3.63) is 28.6 Å². The monoisotopic (exact) mass is 223 g/mol. The molecule has 16 heavy (non-hydrogen) atoms. The van der Waals surface area contributed by atoms with Crippen LogP contribution in [0.4, 0.5) is 10.1 Å². The number of carbonyl (C=O) groups excluding carboxylic acids is 1. The molecular formula is C12H14FNO2. The van der Waals surface area contributed by atoms with Crippen LogP contribution in [0.3, 0.4) is 0 Å². The number of methoxy groups -OCH3 is 1. The number of rotatable bonds is 1. The predicted molar refractivity (Wildman–Crippen MR) is 58.8 cm³/mol. The van der Waals surface area contributed by atoms with E-state index in [-0.39, 0.29) is 5.69 Å². The molecule has 0 aromatic heterocycles. The highest BCUT2D eigenvalue weighted by Gasteiger charge is 2.22. The van der Waals surface area contributed by atoms with Gasteiger partial charge in [0, 0.05) is 0 Å². The number of carbonyl (C=O) groups is 1. The van der Waals surface area contributed by atoms with Gasteiger partial charge in [0.2, 0.25) is 0 Å². The number of hydrogen-bond donors (Lipinski definition) is 1. The number of anilines is 1. The van der Waals surface area contributed by atoms with E-state index in [0.29, 0.717) is 5.56 Å². The molecule has 0 unspecified atom stereocenters. The summed E-state index contributed by atoms with van der Waals surface area (Å²) in [5.74, 6) is -1.02. The zero-order valence-corrected chi connectivity index (χ0v) is 9.18. The number of nitrogens with two attached hydrogens (primary N) is 1. The molecule has 1 aromatic rings. The highest BCUT2D eigenvalue weighted by molar-refractivity contribution is 5.92. The molecule has 86 valence electrons. The van der Waals surface area contributed by atoms with E-state index in [1.165, 1.54) is 13.2 Å². The van der Waals surface area contributed by atoms with Gasteiger partial charge in [0.05, 0.1) is 18.4 Å². The Morgan fingerprint density at radius 2 is 2.00 bits per heavy atom. The first-order valence-corrected chi connectivity index (χ1v) is 5.33. The molecule has 0 aliphatic heterocycles. The van der Waals surface area contributed by atoms with Crippen LogP contribution in [0.1, 0.15) is 34.3 Å². The van der Waals surface area contributed by atoms with E-state index in [2.05, 4.69) is 4.74 Å². The first kappa shape index (κ1) is 10.9. The molecule has 3 nitrogen and oxygen atoms in total. The Bertz CT molecular complexity index is 443. The third kappa shape index (κ3) is 1.64. The third-order valence-corrected chi connectivity index (χ3v) is 3.05. The normalized spacial score (nSPS) is 14.4. The molecule has 0 saturated heterocycles. The number of nitrogen functional groups attached to an aromatic ring is 1. The highest BCUT2D eigenvalue weighted by Crippen LogP contribution is 2.31. The number of halogens is 1. The van der Waals surface area contributed by atoms with Crippen LogP contribution in [-0.4, -0.2) is 13.1 Å². The maximum absolute atomic E-state index is 13.5. The lowest BCUT2D eigenvalue weighted by atomic mass is 9.87. The van der Waals surface area contributed by atoms with Gasteiger partial charge in [-0.25, -0.2) is 9.18 Å². The van der Waals surface area contributed by atoms with Crippen molar-refractivity contribution in [2.75, 3.05) is 12.8 Å². The molecular weight excluding hydrogens is 209 g/mol. The Kier molecular flexibility index (Phi) is 2.81. The maximum Gasteiger partial charge on any atom is 0.338 e. The zero-order valence-electron chi connectivity index (χ0n) is 9.18. The van der Waals surface area contributed by atoms with Crippen molar-refractivity contribution in [2.45, 2.75) is 25.7 Å². The van der Waals surface area contributed by atoms with Crippen molar-refractivity contribution in [3.8, 4) is 0 Å². The minimum atomic E-state index is -0.527. The van der Waals surface area contributed by atoms with Crippen LogP contribution >= 0.6 is 0 Å². The molecule has 2 rings (SSSR count). The number of esters is 1. The molecule has 0 amide bonds. The van der Waals surface area contributed by atoms with Gasteiger partial charge in [-0.2, -0.15) is 0 Å². The molecule has 0 bridgehead atoms. The molecule has 1 aromatic carbocycles. The van der Waals surface area contributed by atoms with E-state index >= 15 is 0 Å². The predicted octanol–water partition coefficient (Wildman–Crippen LogP) is 2.07. The molecule has 4 heteroatoms. The van der Waals surface area contributed by atoms with Gasteiger partial charge in [0.25, 0.3) is 0 Å². The Balaban J connectivity index is 2.61. The standard InChI is InChI=1S/C12H14FNO2/c1-16-12(15)9-6-10(13)11(14)8-5-3-2-4-7(8)9/h6H,2-5,14H2,1H3. The van der Waals surface area contributed by atoms with Crippen molar-refractivity contribution in [2.24, 2.45) is 0 Å². The van der Waals surface area contributed by atoms with Crippen LogP contribution in [0.2, 0.25) is 0 Å². The lowest BCUT2D eigenvalue weighted by Crippen LogP contribution is -2.15. The van der Waals surface area contributed by atoms with Gasteiger partial charge in [-0.05, 0) is 42.9 Å². The second-order valence-corrected chi connectivity index (χ2v) is 3.98. The lowest BCUT2D eigenvalue weighted by Gasteiger charge is -2.20. The SMILES string of the molecule is COC(=O)c1cc(F)c(N)c2c1CCCC2. The van der Waals surface area contributed by atoms with Crippen LogP contribution in [0.5, 0.6) is 0 Å². The summed E-state index contributed by atoms with van der Waals surface area (Å²) >= 11 is 0. The van der Waals surface area contributed by atoms with E-state index in [4.69, 9.17) is 5.73 Å². The largest absolute Gasteiger partial charge is 0.465 e. The minimum Gasteiger partial charge on any atom is -0.465 e. The van der Waals surface area contributed by atoms with E-state index in [0.717, 1.165) is 36.8 Å².